The molecular formula is C15H19N3O. The van der Waals surface area contributed by atoms with Crippen molar-refractivity contribution in [2.24, 2.45) is 11.7 Å². The Morgan fingerprint density at radius 2 is 2.21 bits per heavy atom. The van der Waals surface area contributed by atoms with Crippen molar-refractivity contribution < 1.29 is 4.79 Å². The third kappa shape index (κ3) is 2.24. The van der Waals surface area contributed by atoms with E-state index in [9.17, 15) is 4.79 Å². The molecule has 1 saturated heterocycles. The lowest BCUT2D eigenvalue weighted by Gasteiger charge is -2.34. The highest BCUT2D eigenvalue weighted by Gasteiger charge is 2.27. The van der Waals surface area contributed by atoms with Crippen LogP contribution in [-0.2, 0) is 0 Å². The lowest BCUT2D eigenvalue weighted by molar-refractivity contribution is 0.0659. The number of aromatic amines is 1. The fourth-order valence-corrected chi connectivity index (χ4v) is 2.71. The van der Waals surface area contributed by atoms with Gasteiger partial charge in [0.05, 0.1) is 0 Å². The SMILES string of the molecule is CC1CN(C(=O)c2cc3ccccc3[nH]2)CCC1N. The van der Waals surface area contributed by atoms with Gasteiger partial charge in [-0.2, -0.15) is 0 Å². The number of carbonyl (C=O) groups is 1. The molecule has 4 nitrogen and oxygen atoms in total. The van der Waals surface area contributed by atoms with Crippen LogP contribution in [0.4, 0.5) is 0 Å². The maximum Gasteiger partial charge on any atom is 0.270 e. The Morgan fingerprint density at radius 3 is 2.95 bits per heavy atom. The Hall–Kier alpha value is -1.81. The molecule has 1 aliphatic heterocycles. The maximum absolute atomic E-state index is 12.5. The van der Waals surface area contributed by atoms with Gasteiger partial charge in [-0.3, -0.25) is 4.79 Å². The fourth-order valence-electron chi connectivity index (χ4n) is 2.71. The number of benzene rings is 1. The van der Waals surface area contributed by atoms with Crippen LogP contribution in [-0.4, -0.2) is 34.9 Å². The number of fused-ring (bicyclic) bond motifs is 1. The summed E-state index contributed by atoms with van der Waals surface area (Å²) in [6.45, 7) is 3.60. The third-order valence-electron chi connectivity index (χ3n) is 4.02. The molecule has 0 aliphatic carbocycles. The van der Waals surface area contributed by atoms with Crippen LogP contribution >= 0.6 is 0 Å². The summed E-state index contributed by atoms with van der Waals surface area (Å²) in [7, 11) is 0. The summed E-state index contributed by atoms with van der Waals surface area (Å²) in [5.41, 5.74) is 7.67. The van der Waals surface area contributed by atoms with E-state index in [0.29, 0.717) is 11.6 Å². The topological polar surface area (TPSA) is 62.1 Å². The molecule has 2 unspecified atom stereocenters. The molecule has 100 valence electrons. The molecule has 1 aliphatic rings. The minimum atomic E-state index is 0.0787. The molecule has 1 aromatic heterocycles. The second-order valence-electron chi connectivity index (χ2n) is 5.45. The smallest absolute Gasteiger partial charge is 0.270 e. The van der Waals surface area contributed by atoms with Crippen molar-refractivity contribution in [3.8, 4) is 0 Å². The summed E-state index contributed by atoms with van der Waals surface area (Å²) in [6.07, 6.45) is 0.882. The average Bonchev–Trinajstić information content (AvgIpc) is 2.85. The zero-order valence-electron chi connectivity index (χ0n) is 11.1. The summed E-state index contributed by atoms with van der Waals surface area (Å²) in [5.74, 6) is 0.442. The maximum atomic E-state index is 12.5. The highest BCUT2D eigenvalue weighted by atomic mass is 16.2. The predicted octanol–water partition coefficient (Wildman–Crippen LogP) is 1.98. The van der Waals surface area contributed by atoms with Gasteiger partial charge in [-0.25, -0.2) is 0 Å². The second kappa shape index (κ2) is 4.70. The van der Waals surface area contributed by atoms with Crippen LogP contribution in [0, 0.1) is 5.92 Å². The van der Waals surface area contributed by atoms with E-state index in [1.54, 1.807) is 0 Å². The predicted molar refractivity (Wildman–Crippen MR) is 76.0 cm³/mol. The van der Waals surface area contributed by atoms with E-state index in [1.807, 2.05) is 35.2 Å². The molecule has 2 heterocycles. The molecule has 2 atom stereocenters. The quantitative estimate of drug-likeness (QED) is 0.820. The first-order valence-electron chi connectivity index (χ1n) is 6.78. The average molecular weight is 257 g/mol. The number of amides is 1. The van der Waals surface area contributed by atoms with Gasteiger partial charge in [0.1, 0.15) is 5.69 Å². The largest absolute Gasteiger partial charge is 0.351 e. The molecule has 3 N–H and O–H groups in total. The van der Waals surface area contributed by atoms with Gasteiger partial charge in [-0.1, -0.05) is 25.1 Å². The Kier molecular flexibility index (Phi) is 3.03. The summed E-state index contributed by atoms with van der Waals surface area (Å²) in [4.78, 5) is 17.6. The number of aromatic nitrogens is 1. The fraction of sp³-hybridized carbons (Fsp3) is 0.400. The van der Waals surface area contributed by atoms with Crippen molar-refractivity contribution in [3.63, 3.8) is 0 Å². The molecule has 2 aromatic rings. The highest BCUT2D eigenvalue weighted by Crippen LogP contribution is 2.20. The molecule has 1 aromatic carbocycles. The monoisotopic (exact) mass is 257 g/mol. The van der Waals surface area contributed by atoms with E-state index in [0.717, 1.165) is 30.4 Å². The molecule has 3 rings (SSSR count). The molecule has 0 radical (unpaired) electrons. The standard InChI is InChI=1S/C15H19N3O/c1-10-9-18(7-6-12(10)16)15(19)14-8-11-4-2-3-5-13(11)17-14/h2-5,8,10,12,17H,6-7,9,16H2,1H3. The molecule has 1 fully saturated rings. The van der Waals surface area contributed by atoms with Crippen LogP contribution in [0.3, 0.4) is 0 Å². The van der Waals surface area contributed by atoms with Crippen molar-refractivity contribution in [2.75, 3.05) is 13.1 Å². The molecule has 0 bridgehead atoms. The molecule has 4 heteroatoms. The summed E-state index contributed by atoms with van der Waals surface area (Å²) >= 11 is 0. The van der Waals surface area contributed by atoms with Gasteiger partial charge < -0.3 is 15.6 Å². The van der Waals surface area contributed by atoms with E-state index in [2.05, 4.69) is 11.9 Å². The van der Waals surface area contributed by atoms with Gasteiger partial charge in [0.2, 0.25) is 0 Å². The Bertz CT molecular complexity index is 571. The van der Waals surface area contributed by atoms with Crippen LogP contribution in [0.25, 0.3) is 10.9 Å². The summed E-state index contributed by atoms with van der Waals surface area (Å²) < 4.78 is 0. The Balaban J connectivity index is 1.83. The number of carbonyl (C=O) groups excluding carboxylic acids is 1. The third-order valence-corrected chi connectivity index (χ3v) is 4.02. The number of nitrogens with zero attached hydrogens (tertiary/aromatic N) is 1. The number of rotatable bonds is 1. The number of nitrogens with one attached hydrogen (secondary N) is 1. The first-order valence-corrected chi connectivity index (χ1v) is 6.78. The minimum absolute atomic E-state index is 0.0787. The zero-order chi connectivity index (χ0) is 13.4. The molecule has 0 saturated carbocycles. The van der Waals surface area contributed by atoms with Gasteiger partial charge in [0.15, 0.2) is 0 Å². The number of nitrogens with two attached hydrogens (primary N) is 1. The highest BCUT2D eigenvalue weighted by molar-refractivity contribution is 5.98. The molecule has 19 heavy (non-hydrogen) atoms. The van der Waals surface area contributed by atoms with Crippen LogP contribution in [0.1, 0.15) is 23.8 Å². The minimum Gasteiger partial charge on any atom is -0.351 e. The van der Waals surface area contributed by atoms with Gasteiger partial charge in [0.25, 0.3) is 5.91 Å². The summed E-state index contributed by atoms with van der Waals surface area (Å²) in [5, 5.41) is 1.08. The van der Waals surface area contributed by atoms with Crippen LogP contribution in [0.15, 0.2) is 30.3 Å². The number of piperidine rings is 1. The van der Waals surface area contributed by atoms with E-state index in [4.69, 9.17) is 5.73 Å². The zero-order valence-corrected chi connectivity index (χ0v) is 11.1. The first-order chi connectivity index (χ1) is 9.15. The van der Waals surface area contributed by atoms with Crippen LogP contribution in [0.2, 0.25) is 0 Å². The van der Waals surface area contributed by atoms with Gasteiger partial charge in [-0.15, -0.1) is 0 Å². The van der Waals surface area contributed by atoms with Crippen molar-refractivity contribution >= 4 is 16.8 Å². The number of para-hydroxylation sites is 1. The van der Waals surface area contributed by atoms with Crippen LogP contribution < -0.4 is 5.73 Å². The van der Waals surface area contributed by atoms with Crippen molar-refractivity contribution in [3.05, 3.63) is 36.0 Å². The number of hydrogen-bond donors (Lipinski definition) is 2. The second-order valence-corrected chi connectivity index (χ2v) is 5.45. The summed E-state index contributed by atoms with van der Waals surface area (Å²) in [6, 6.07) is 10.1. The van der Waals surface area contributed by atoms with Crippen molar-refractivity contribution in [1.82, 2.24) is 9.88 Å². The van der Waals surface area contributed by atoms with E-state index in [-0.39, 0.29) is 11.9 Å². The number of hydrogen-bond acceptors (Lipinski definition) is 2. The van der Waals surface area contributed by atoms with E-state index in [1.165, 1.54) is 0 Å². The lowest BCUT2D eigenvalue weighted by Crippen LogP contribution is -2.48. The number of likely N-dealkylation sites (tertiary alicyclic amines) is 1. The van der Waals surface area contributed by atoms with Crippen LogP contribution in [0.5, 0.6) is 0 Å². The molecular weight excluding hydrogens is 238 g/mol. The van der Waals surface area contributed by atoms with E-state index < -0.39 is 0 Å². The normalized spacial score (nSPS) is 23.8. The lowest BCUT2D eigenvalue weighted by atomic mass is 9.94. The molecule has 0 spiro atoms. The Morgan fingerprint density at radius 1 is 1.42 bits per heavy atom. The van der Waals surface area contributed by atoms with Crippen molar-refractivity contribution in [2.45, 2.75) is 19.4 Å². The van der Waals surface area contributed by atoms with Gasteiger partial charge in [0, 0.05) is 30.0 Å². The van der Waals surface area contributed by atoms with Gasteiger partial charge in [-0.05, 0) is 24.5 Å². The first kappa shape index (κ1) is 12.2. The Labute approximate surface area is 112 Å². The number of H-pyrrole nitrogens is 1. The van der Waals surface area contributed by atoms with Crippen molar-refractivity contribution in [1.29, 1.82) is 0 Å². The van der Waals surface area contributed by atoms with Gasteiger partial charge >= 0.3 is 0 Å². The van der Waals surface area contributed by atoms with E-state index >= 15 is 0 Å². The molecule has 1 amide bonds.